The Bertz CT molecular complexity index is 371. The fourth-order valence-electron chi connectivity index (χ4n) is 1.71. The topological polar surface area (TPSA) is 19.4 Å². The van der Waals surface area contributed by atoms with Crippen molar-refractivity contribution < 1.29 is 4.39 Å². The van der Waals surface area contributed by atoms with Crippen LogP contribution in [0.3, 0.4) is 0 Å². The van der Waals surface area contributed by atoms with Gasteiger partial charge in [-0.3, -0.25) is 0 Å². The summed E-state index contributed by atoms with van der Waals surface area (Å²) in [4.78, 5) is 8.21. The Balaban J connectivity index is 2.90. The molecule has 0 aliphatic rings. The van der Waals surface area contributed by atoms with Crippen molar-refractivity contribution in [3.05, 3.63) is 23.6 Å². The van der Waals surface area contributed by atoms with Crippen LogP contribution in [0.1, 0.15) is 18.9 Å². The largest absolute Gasteiger partial charge is 0.353 e. The molecule has 0 aliphatic carbocycles. The van der Waals surface area contributed by atoms with E-state index >= 15 is 0 Å². The first kappa shape index (κ1) is 15.2. The highest BCUT2D eigenvalue weighted by Gasteiger charge is 2.15. The molecule has 0 saturated heterocycles. The Labute approximate surface area is 114 Å². The summed E-state index contributed by atoms with van der Waals surface area (Å²) >= 11 is 5.72. The van der Waals surface area contributed by atoms with Crippen LogP contribution < -0.4 is 4.90 Å². The molecule has 0 atom stereocenters. The van der Waals surface area contributed by atoms with Gasteiger partial charge in [0.2, 0.25) is 0 Å². The van der Waals surface area contributed by atoms with E-state index in [4.69, 9.17) is 11.6 Å². The highest BCUT2D eigenvalue weighted by molar-refractivity contribution is 6.17. The Morgan fingerprint density at radius 3 is 2.56 bits per heavy atom. The van der Waals surface area contributed by atoms with Crippen LogP contribution in [0.15, 0.2) is 12.3 Å². The van der Waals surface area contributed by atoms with E-state index in [9.17, 15) is 4.39 Å². The molecule has 1 rings (SSSR count). The number of pyridine rings is 1. The SMILES string of the molecule is CCCN(CCN(C)C)c1nccc(CCl)c1F. The van der Waals surface area contributed by atoms with Crippen LogP contribution in [0.2, 0.25) is 0 Å². The van der Waals surface area contributed by atoms with Crippen LogP contribution in [-0.4, -0.2) is 43.6 Å². The third-order valence-electron chi connectivity index (χ3n) is 2.70. The fraction of sp³-hybridized carbons (Fsp3) is 0.615. The first-order valence-electron chi connectivity index (χ1n) is 6.19. The van der Waals surface area contributed by atoms with Gasteiger partial charge in [0.1, 0.15) is 0 Å². The maximum atomic E-state index is 14.2. The molecule has 1 aromatic heterocycles. The first-order valence-corrected chi connectivity index (χ1v) is 6.72. The van der Waals surface area contributed by atoms with Gasteiger partial charge in [-0.05, 0) is 26.6 Å². The monoisotopic (exact) mass is 273 g/mol. The van der Waals surface area contributed by atoms with E-state index in [-0.39, 0.29) is 11.7 Å². The number of anilines is 1. The molecule has 102 valence electrons. The van der Waals surface area contributed by atoms with Crippen LogP contribution in [0.5, 0.6) is 0 Å². The molecule has 3 nitrogen and oxygen atoms in total. The number of hydrogen-bond donors (Lipinski definition) is 0. The van der Waals surface area contributed by atoms with E-state index in [1.165, 1.54) is 0 Å². The molecule has 0 N–H and O–H groups in total. The van der Waals surface area contributed by atoms with Gasteiger partial charge in [0.15, 0.2) is 11.6 Å². The number of aromatic nitrogens is 1. The van der Waals surface area contributed by atoms with Gasteiger partial charge in [0.05, 0.1) is 5.88 Å². The van der Waals surface area contributed by atoms with Crippen LogP contribution in [0, 0.1) is 5.82 Å². The fourth-order valence-corrected chi connectivity index (χ4v) is 1.92. The molecule has 0 spiro atoms. The molecule has 0 aliphatic heterocycles. The maximum Gasteiger partial charge on any atom is 0.170 e. The number of halogens is 2. The van der Waals surface area contributed by atoms with Crippen LogP contribution >= 0.6 is 11.6 Å². The van der Waals surface area contributed by atoms with Crippen molar-refractivity contribution in [3.63, 3.8) is 0 Å². The van der Waals surface area contributed by atoms with E-state index in [0.717, 1.165) is 26.1 Å². The zero-order chi connectivity index (χ0) is 13.5. The van der Waals surface area contributed by atoms with Crippen molar-refractivity contribution in [3.8, 4) is 0 Å². The van der Waals surface area contributed by atoms with Crippen molar-refractivity contribution in [2.75, 3.05) is 38.6 Å². The average Bonchev–Trinajstić information content (AvgIpc) is 2.35. The van der Waals surface area contributed by atoms with Gasteiger partial charge in [-0.15, -0.1) is 11.6 Å². The second kappa shape index (κ2) is 7.54. The van der Waals surface area contributed by atoms with E-state index in [1.54, 1.807) is 12.3 Å². The summed E-state index contributed by atoms with van der Waals surface area (Å²) in [5.74, 6) is 0.297. The third kappa shape index (κ3) is 4.10. The summed E-state index contributed by atoms with van der Waals surface area (Å²) in [5.41, 5.74) is 0.507. The molecule has 0 unspecified atom stereocenters. The smallest absolute Gasteiger partial charge is 0.170 e. The highest BCUT2D eigenvalue weighted by atomic mass is 35.5. The number of alkyl halides is 1. The summed E-state index contributed by atoms with van der Waals surface area (Å²) in [6.07, 6.45) is 2.58. The molecule has 0 bridgehead atoms. The van der Waals surface area contributed by atoms with Crippen LogP contribution in [-0.2, 0) is 5.88 Å². The normalized spacial score (nSPS) is 11.0. The molecule has 0 saturated carbocycles. The van der Waals surface area contributed by atoms with Crippen molar-refractivity contribution in [1.29, 1.82) is 0 Å². The minimum atomic E-state index is -0.292. The first-order chi connectivity index (χ1) is 8.60. The highest BCUT2D eigenvalue weighted by Crippen LogP contribution is 2.20. The molecule has 0 amide bonds. The number of rotatable bonds is 7. The van der Waals surface area contributed by atoms with Gasteiger partial charge in [0, 0.05) is 31.4 Å². The van der Waals surface area contributed by atoms with Gasteiger partial charge in [-0.1, -0.05) is 6.92 Å². The number of nitrogens with zero attached hydrogens (tertiary/aromatic N) is 3. The molecule has 1 heterocycles. The summed E-state index contributed by atoms with van der Waals surface area (Å²) in [5, 5.41) is 0. The molecule has 0 radical (unpaired) electrons. The molecule has 0 aromatic carbocycles. The Morgan fingerprint density at radius 2 is 2.00 bits per heavy atom. The standard InChI is InChI=1S/C13H21ClFN3/c1-4-7-18(9-8-17(2)3)13-12(15)11(10-14)5-6-16-13/h5-6H,4,7-10H2,1-3H3. The summed E-state index contributed by atoms with van der Waals surface area (Å²) in [6.45, 7) is 4.50. The number of hydrogen-bond acceptors (Lipinski definition) is 3. The minimum Gasteiger partial charge on any atom is -0.353 e. The lowest BCUT2D eigenvalue weighted by atomic mass is 10.2. The maximum absolute atomic E-state index is 14.2. The van der Waals surface area contributed by atoms with Gasteiger partial charge >= 0.3 is 0 Å². The van der Waals surface area contributed by atoms with Crippen LogP contribution in [0.25, 0.3) is 0 Å². The van der Waals surface area contributed by atoms with Crippen molar-refractivity contribution >= 4 is 17.4 Å². The number of likely N-dealkylation sites (N-methyl/N-ethyl adjacent to an activating group) is 1. The predicted octanol–water partition coefficient (Wildman–Crippen LogP) is 2.74. The quantitative estimate of drug-likeness (QED) is 0.712. The Kier molecular flexibility index (Phi) is 6.36. The zero-order valence-corrected chi connectivity index (χ0v) is 12.0. The summed E-state index contributed by atoms with van der Waals surface area (Å²) in [6, 6.07) is 1.63. The van der Waals surface area contributed by atoms with Crippen molar-refractivity contribution in [2.45, 2.75) is 19.2 Å². The predicted molar refractivity (Wildman–Crippen MR) is 74.8 cm³/mol. The lowest BCUT2D eigenvalue weighted by Crippen LogP contribution is -2.33. The average molecular weight is 274 g/mol. The molecule has 18 heavy (non-hydrogen) atoms. The van der Waals surface area contributed by atoms with Gasteiger partial charge in [0.25, 0.3) is 0 Å². The van der Waals surface area contributed by atoms with E-state index in [2.05, 4.69) is 16.8 Å². The van der Waals surface area contributed by atoms with Crippen LogP contribution in [0.4, 0.5) is 10.2 Å². The lowest BCUT2D eigenvalue weighted by molar-refractivity contribution is 0.411. The second-order valence-corrected chi connectivity index (χ2v) is 4.80. The van der Waals surface area contributed by atoms with Gasteiger partial charge in [-0.25, -0.2) is 9.37 Å². The zero-order valence-electron chi connectivity index (χ0n) is 11.3. The Hall–Kier alpha value is -0.870. The Morgan fingerprint density at radius 1 is 1.28 bits per heavy atom. The van der Waals surface area contributed by atoms with Crippen molar-refractivity contribution in [1.82, 2.24) is 9.88 Å². The van der Waals surface area contributed by atoms with Crippen molar-refractivity contribution in [2.24, 2.45) is 0 Å². The van der Waals surface area contributed by atoms with Gasteiger partial charge < -0.3 is 9.80 Å². The minimum absolute atomic E-state index is 0.176. The van der Waals surface area contributed by atoms with E-state index in [0.29, 0.717) is 11.4 Å². The molecule has 5 heteroatoms. The van der Waals surface area contributed by atoms with Gasteiger partial charge in [-0.2, -0.15) is 0 Å². The molecule has 0 fully saturated rings. The lowest BCUT2D eigenvalue weighted by Gasteiger charge is -2.25. The third-order valence-corrected chi connectivity index (χ3v) is 2.99. The van der Waals surface area contributed by atoms with E-state index in [1.807, 2.05) is 19.0 Å². The molecule has 1 aromatic rings. The second-order valence-electron chi connectivity index (χ2n) is 4.53. The molecular formula is C13H21ClFN3. The summed E-state index contributed by atoms with van der Waals surface area (Å²) < 4.78 is 14.2. The summed E-state index contributed by atoms with van der Waals surface area (Å²) in [7, 11) is 4.01. The van der Waals surface area contributed by atoms with E-state index < -0.39 is 0 Å². The molecular weight excluding hydrogens is 253 g/mol.